The SMILES string of the molecule is CC[C@@H](C)NC(=O)[C@@H](C)NC(=O)Nc1ccc(-n2nccn2)cc1. The summed E-state index contributed by atoms with van der Waals surface area (Å²) >= 11 is 0. The molecule has 1 heterocycles. The first-order valence-electron chi connectivity index (χ1n) is 7.84. The van der Waals surface area contributed by atoms with Crippen LogP contribution >= 0.6 is 0 Å². The molecule has 8 heteroatoms. The number of hydrogen-bond acceptors (Lipinski definition) is 4. The van der Waals surface area contributed by atoms with E-state index in [1.54, 1.807) is 43.6 Å². The first-order valence-corrected chi connectivity index (χ1v) is 7.84. The lowest BCUT2D eigenvalue weighted by Crippen LogP contribution is -2.48. The van der Waals surface area contributed by atoms with Gasteiger partial charge < -0.3 is 16.0 Å². The molecular weight excluding hydrogens is 308 g/mol. The van der Waals surface area contributed by atoms with Crippen LogP contribution < -0.4 is 16.0 Å². The van der Waals surface area contributed by atoms with E-state index in [4.69, 9.17) is 0 Å². The molecule has 0 saturated carbocycles. The highest BCUT2D eigenvalue weighted by molar-refractivity contribution is 5.93. The van der Waals surface area contributed by atoms with Crippen LogP contribution in [0.1, 0.15) is 27.2 Å². The largest absolute Gasteiger partial charge is 0.352 e. The van der Waals surface area contributed by atoms with Gasteiger partial charge in [0.1, 0.15) is 6.04 Å². The molecule has 0 aliphatic rings. The summed E-state index contributed by atoms with van der Waals surface area (Å²) in [6.07, 6.45) is 4.01. The summed E-state index contributed by atoms with van der Waals surface area (Å²) in [7, 11) is 0. The predicted octanol–water partition coefficient (Wildman–Crippen LogP) is 1.69. The Morgan fingerprint density at radius 2 is 1.71 bits per heavy atom. The molecule has 0 bridgehead atoms. The number of nitrogens with zero attached hydrogens (tertiary/aromatic N) is 3. The van der Waals surface area contributed by atoms with E-state index < -0.39 is 12.1 Å². The number of nitrogens with one attached hydrogen (secondary N) is 3. The van der Waals surface area contributed by atoms with E-state index in [1.807, 2.05) is 13.8 Å². The zero-order chi connectivity index (χ0) is 17.5. The summed E-state index contributed by atoms with van der Waals surface area (Å²) in [5, 5.41) is 16.2. The van der Waals surface area contributed by atoms with Crippen LogP contribution in [0.3, 0.4) is 0 Å². The van der Waals surface area contributed by atoms with Crippen LogP contribution in [0.25, 0.3) is 5.69 Å². The Labute approximate surface area is 140 Å². The average molecular weight is 330 g/mol. The zero-order valence-corrected chi connectivity index (χ0v) is 14.0. The van der Waals surface area contributed by atoms with E-state index in [0.717, 1.165) is 12.1 Å². The van der Waals surface area contributed by atoms with Crippen molar-refractivity contribution in [2.24, 2.45) is 0 Å². The van der Waals surface area contributed by atoms with Crippen molar-refractivity contribution in [2.45, 2.75) is 39.3 Å². The van der Waals surface area contributed by atoms with Crippen LogP contribution in [-0.2, 0) is 4.79 Å². The minimum absolute atomic E-state index is 0.0771. The molecule has 2 aromatic rings. The molecule has 2 rings (SSSR count). The van der Waals surface area contributed by atoms with Gasteiger partial charge in [-0.15, -0.1) is 0 Å². The van der Waals surface area contributed by atoms with Crippen LogP contribution in [0.4, 0.5) is 10.5 Å². The Hall–Kier alpha value is -2.90. The minimum Gasteiger partial charge on any atom is -0.352 e. The normalized spacial score (nSPS) is 13.0. The van der Waals surface area contributed by atoms with Gasteiger partial charge >= 0.3 is 6.03 Å². The van der Waals surface area contributed by atoms with Gasteiger partial charge in [-0.3, -0.25) is 4.79 Å². The quantitative estimate of drug-likeness (QED) is 0.750. The molecule has 3 amide bonds. The Morgan fingerprint density at radius 3 is 2.29 bits per heavy atom. The highest BCUT2D eigenvalue weighted by atomic mass is 16.2. The molecule has 2 atom stereocenters. The Balaban J connectivity index is 1.87. The number of carbonyl (C=O) groups excluding carboxylic acids is 2. The topological polar surface area (TPSA) is 101 Å². The van der Waals surface area contributed by atoms with Gasteiger partial charge in [0.25, 0.3) is 0 Å². The van der Waals surface area contributed by atoms with E-state index in [1.165, 1.54) is 4.80 Å². The first kappa shape index (κ1) is 17.5. The molecule has 1 aromatic heterocycles. The second kappa shape index (κ2) is 8.09. The van der Waals surface area contributed by atoms with Crippen LogP contribution in [0.15, 0.2) is 36.7 Å². The monoisotopic (exact) mass is 330 g/mol. The molecule has 0 saturated heterocycles. The molecule has 8 nitrogen and oxygen atoms in total. The number of hydrogen-bond donors (Lipinski definition) is 3. The average Bonchev–Trinajstić information content (AvgIpc) is 3.09. The molecule has 0 fully saturated rings. The summed E-state index contributed by atoms with van der Waals surface area (Å²) in [6.45, 7) is 5.54. The number of amides is 3. The standard InChI is InChI=1S/C16H22N6O2/c1-4-11(2)19-15(23)12(3)20-16(24)21-13-5-7-14(8-6-13)22-17-9-10-18-22/h5-12H,4H2,1-3H3,(H,19,23)(H2,20,21,24)/t11-,12-/m1/s1. The molecule has 0 unspecified atom stereocenters. The summed E-state index contributed by atoms with van der Waals surface area (Å²) in [5.41, 5.74) is 1.39. The second-order valence-electron chi connectivity index (χ2n) is 5.50. The van der Waals surface area contributed by atoms with Crippen molar-refractivity contribution in [2.75, 3.05) is 5.32 Å². The fourth-order valence-corrected chi connectivity index (χ4v) is 1.93. The highest BCUT2D eigenvalue weighted by Gasteiger charge is 2.16. The van der Waals surface area contributed by atoms with Gasteiger partial charge in [-0.25, -0.2) is 4.79 Å². The van der Waals surface area contributed by atoms with Gasteiger partial charge in [0, 0.05) is 11.7 Å². The lowest BCUT2D eigenvalue weighted by Gasteiger charge is -2.17. The molecule has 0 aliphatic heterocycles. The van der Waals surface area contributed by atoms with Gasteiger partial charge in [0.2, 0.25) is 5.91 Å². The van der Waals surface area contributed by atoms with Gasteiger partial charge in [-0.05, 0) is 44.5 Å². The number of benzene rings is 1. The van der Waals surface area contributed by atoms with E-state index in [0.29, 0.717) is 5.69 Å². The van der Waals surface area contributed by atoms with Crippen LogP contribution in [0.5, 0.6) is 0 Å². The third-order valence-electron chi connectivity index (χ3n) is 3.52. The highest BCUT2D eigenvalue weighted by Crippen LogP contribution is 2.11. The van der Waals surface area contributed by atoms with Gasteiger partial charge in [-0.1, -0.05) is 6.92 Å². The van der Waals surface area contributed by atoms with Crippen LogP contribution in [-0.4, -0.2) is 39.0 Å². The number of anilines is 1. The number of rotatable bonds is 6. The maximum absolute atomic E-state index is 12.0. The Bertz CT molecular complexity index is 668. The smallest absolute Gasteiger partial charge is 0.319 e. The molecule has 0 aliphatic carbocycles. The van der Waals surface area contributed by atoms with Gasteiger partial charge in [-0.2, -0.15) is 15.0 Å². The van der Waals surface area contributed by atoms with Crippen molar-refractivity contribution < 1.29 is 9.59 Å². The summed E-state index contributed by atoms with van der Waals surface area (Å²) < 4.78 is 0. The maximum atomic E-state index is 12.0. The van der Waals surface area contributed by atoms with Crippen LogP contribution in [0, 0.1) is 0 Å². The lowest BCUT2D eigenvalue weighted by molar-refractivity contribution is -0.123. The second-order valence-corrected chi connectivity index (χ2v) is 5.50. The molecule has 0 radical (unpaired) electrons. The molecule has 0 spiro atoms. The van der Waals surface area contributed by atoms with Gasteiger partial charge in [0.15, 0.2) is 0 Å². The number of urea groups is 1. The summed E-state index contributed by atoms with van der Waals surface area (Å²) in [4.78, 5) is 25.3. The van der Waals surface area contributed by atoms with E-state index in [2.05, 4.69) is 26.1 Å². The third kappa shape index (κ3) is 4.80. The van der Waals surface area contributed by atoms with Crippen molar-refractivity contribution in [1.29, 1.82) is 0 Å². The van der Waals surface area contributed by atoms with Crippen molar-refractivity contribution >= 4 is 17.6 Å². The Morgan fingerprint density at radius 1 is 1.08 bits per heavy atom. The number of aromatic nitrogens is 3. The van der Waals surface area contributed by atoms with Crippen LogP contribution in [0.2, 0.25) is 0 Å². The van der Waals surface area contributed by atoms with Crippen molar-refractivity contribution in [3.05, 3.63) is 36.7 Å². The summed E-state index contributed by atoms with van der Waals surface area (Å²) in [5.74, 6) is -0.209. The summed E-state index contributed by atoms with van der Waals surface area (Å²) in [6, 6.07) is 6.07. The predicted molar refractivity (Wildman–Crippen MR) is 90.9 cm³/mol. The first-order chi connectivity index (χ1) is 11.5. The molecule has 24 heavy (non-hydrogen) atoms. The molecule has 128 valence electrons. The fraction of sp³-hybridized carbons (Fsp3) is 0.375. The van der Waals surface area contributed by atoms with E-state index >= 15 is 0 Å². The molecule has 1 aromatic carbocycles. The van der Waals surface area contributed by atoms with Gasteiger partial charge in [0.05, 0.1) is 18.1 Å². The van der Waals surface area contributed by atoms with Crippen molar-refractivity contribution in [3.63, 3.8) is 0 Å². The minimum atomic E-state index is -0.619. The van der Waals surface area contributed by atoms with E-state index in [9.17, 15) is 9.59 Å². The van der Waals surface area contributed by atoms with Crippen molar-refractivity contribution in [1.82, 2.24) is 25.6 Å². The number of carbonyl (C=O) groups is 2. The molecular formula is C16H22N6O2. The Kier molecular flexibility index (Phi) is 5.89. The third-order valence-corrected chi connectivity index (χ3v) is 3.52. The fourth-order valence-electron chi connectivity index (χ4n) is 1.93. The zero-order valence-electron chi connectivity index (χ0n) is 14.0. The van der Waals surface area contributed by atoms with Crippen molar-refractivity contribution in [3.8, 4) is 5.69 Å². The molecule has 3 N–H and O–H groups in total. The lowest BCUT2D eigenvalue weighted by atomic mass is 10.2. The van der Waals surface area contributed by atoms with E-state index in [-0.39, 0.29) is 11.9 Å². The maximum Gasteiger partial charge on any atom is 0.319 e.